The number of amides is 1. The smallest absolute Gasteiger partial charge is 0.260 e. The van der Waals surface area contributed by atoms with Crippen LogP contribution in [0.4, 0.5) is 17.3 Å². The van der Waals surface area contributed by atoms with Crippen LogP contribution in [0.2, 0.25) is 10.0 Å². The van der Waals surface area contributed by atoms with Crippen molar-refractivity contribution in [3.63, 3.8) is 0 Å². The summed E-state index contributed by atoms with van der Waals surface area (Å²) in [6.07, 6.45) is 6.86. The highest BCUT2D eigenvalue weighted by molar-refractivity contribution is 6.41. The van der Waals surface area contributed by atoms with E-state index in [2.05, 4.69) is 22.2 Å². The molecule has 13 heteroatoms. The van der Waals surface area contributed by atoms with Gasteiger partial charge >= 0.3 is 0 Å². The van der Waals surface area contributed by atoms with E-state index in [-0.39, 0.29) is 63.3 Å². The van der Waals surface area contributed by atoms with Gasteiger partial charge in [0, 0.05) is 54.1 Å². The number of allylic oxidation sites excluding steroid dienone is 1. The number of benzene rings is 3. The SMILES string of the molecule is C=CC(=O)Nc1ccc(CCn2c(=O)c(-c3c(Cl)c(OC)cc(OC)c3Cl)cc3cnc(Nc4c(C)cccc4CC(=O)/C=C/CN(C)C)nc32)cc1. The Kier molecular flexibility index (Phi) is 12.7. The summed E-state index contributed by atoms with van der Waals surface area (Å²) in [5.74, 6) is 0.461. The highest BCUT2D eigenvalue weighted by atomic mass is 35.5. The van der Waals surface area contributed by atoms with Crippen molar-refractivity contribution in [1.29, 1.82) is 0 Å². The molecule has 2 aromatic heterocycles. The van der Waals surface area contributed by atoms with E-state index in [1.54, 1.807) is 41.1 Å². The van der Waals surface area contributed by atoms with Crippen molar-refractivity contribution < 1.29 is 19.1 Å². The fourth-order valence-corrected chi connectivity index (χ4v) is 6.43. The average molecular weight is 756 g/mol. The lowest BCUT2D eigenvalue weighted by atomic mass is 10.0. The number of halogens is 2. The lowest BCUT2D eigenvalue weighted by molar-refractivity contribution is -0.114. The summed E-state index contributed by atoms with van der Waals surface area (Å²) in [6, 6.07) is 16.2. The fraction of sp³-hybridized carbons (Fsp3) is 0.225. The van der Waals surface area contributed by atoms with Gasteiger partial charge in [0.25, 0.3) is 5.56 Å². The molecule has 2 heterocycles. The molecule has 0 aliphatic carbocycles. The van der Waals surface area contributed by atoms with Crippen LogP contribution in [0.3, 0.4) is 0 Å². The first-order chi connectivity index (χ1) is 25.4. The van der Waals surface area contributed by atoms with E-state index in [0.717, 1.165) is 16.7 Å². The number of nitrogens with zero attached hydrogens (tertiary/aromatic N) is 4. The van der Waals surface area contributed by atoms with Gasteiger partial charge in [0.15, 0.2) is 5.78 Å². The van der Waals surface area contributed by atoms with Gasteiger partial charge in [-0.2, -0.15) is 4.98 Å². The lowest BCUT2D eigenvalue weighted by Crippen LogP contribution is -2.24. The number of carbonyl (C=O) groups excluding carboxylic acids is 2. The normalized spacial score (nSPS) is 11.2. The number of likely N-dealkylation sites (N-methyl/N-ethyl adjacent to an activating group) is 1. The number of nitrogens with one attached hydrogen (secondary N) is 2. The second kappa shape index (κ2) is 17.4. The van der Waals surface area contributed by atoms with E-state index in [1.807, 2.05) is 62.3 Å². The van der Waals surface area contributed by atoms with Crippen molar-refractivity contribution in [2.45, 2.75) is 26.3 Å². The number of pyridine rings is 1. The Bertz CT molecular complexity index is 2240. The maximum Gasteiger partial charge on any atom is 0.260 e. The molecule has 0 atom stereocenters. The van der Waals surface area contributed by atoms with Gasteiger partial charge in [0.2, 0.25) is 11.9 Å². The van der Waals surface area contributed by atoms with Gasteiger partial charge in [0.1, 0.15) is 17.1 Å². The second-order valence-electron chi connectivity index (χ2n) is 12.5. The first-order valence-electron chi connectivity index (χ1n) is 16.7. The van der Waals surface area contributed by atoms with Gasteiger partial charge in [0.05, 0.1) is 29.8 Å². The molecule has 0 bridgehead atoms. The van der Waals surface area contributed by atoms with Crippen LogP contribution in [0.1, 0.15) is 16.7 Å². The summed E-state index contributed by atoms with van der Waals surface area (Å²) >= 11 is 13.6. The van der Waals surface area contributed by atoms with Crippen molar-refractivity contribution in [1.82, 2.24) is 19.4 Å². The lowest BCUT2D eigenvalue weighted by Gasteiger charge is -2.18. The van der Waals surface area contributed by atoms with E-state index in [1.165, 1.54) is 20.3 Å². The van der Waals surface area contributed by atoms with Crippen LogP contribution in [-0.4, -0.2) is 66.0 Å². The van der Waals surface area contributed by atoms with Gasteiger partial charge < -0.3 is 25.0 Å². The number of aryl methyl sites for hydroxylation is 3. The highest BCUT2D eigenvalue weighted by Crippen LogP contribution is 2.45. The van der Waals surface area contributed by atoms with Gasteiger partial charge in [-0.1, -0.05) is 66.2 Å². The number of carbonyl (C=O) groups is 2. The van der Waals surface area contributed by atoms with Crippen molar-refractivity contribution in [3.8, 4) is 22.6 Å². The topological polar surface area (TPSA) is 128 Å². The highest BCUT2D eigenvalue weighted by Gasteiger charge is 2.23. The summed E-state index contributed by atoms with van der Waals surface area (Å²) in [6.45, 7) is 6.30. The van der Waals surface area contributed by atoms with Crippen molar-refractivity contribution in [2.24, 2.45) is 0 Å². The van der Waals surface area contributed by atoms with Crippen LogP contribution >= 0.6 is 23.2 Å². The number of rotatable bonds is 15. The minimum Gasteiger partial charge on any atom is -0.495 e. The van der Waals surface area contributed by atoms with Crippen LogP contribution in [0.5, 0.6) is 11.5 Å². The summed E-state index contributed by atoms with van der Waals surface area (Å²) in [7, 11) is 6.80. The standard InChI is InChI=1S/C40H40Cl2N6O5/c1-7-33(50)44-28-15-13-25(14-16-28)17-19-48-38-27(21-30(39(48)51)34-35(41)31(52-5)22-32(53-6)36(34)42)23-43-40(46-38)45-37-24(2)10-8-11-26(37)20-29(49)12-9-18-47(3)4/h7-16,21-23H,1,17-20H2,2-6H3,(H,44,50)(H,43,45,46)/b12-9+. The number of methoxy groups -OCH3 is 2. The third-order valence-electron chi connectivity index (χ3n) is 8.44. The Balaban J connectivity index is 1.59. The Labute approximate surface area is 317 Å². The van der Waals surface area contributed by atoms with Crippen LogP contribution in [0.15, 0.2) is 90.4 Å². The van der Waals surface area contributed by atoms with Gasteiger partial charge in [-0.15, -0.1) is 0 Å². The molecule has 0 unspecified atom stereocenters. The minimum absolute atomic E-state index is 0.0380. The molecular formula is C40H40Cl2N6O5. The zero-order valence-corrected chi connectivity index (χ0v) is 31.6. The van der Waals surface area contributed by atoms with Crippen LogP contribution in [-0.2, 0) is 29.0 Å². The summed E-state index contributed by atoms with van der Waals surface area (Å²) < 4.78 is 12.5. The molecule has 0 saturated carbocycles. The Morgan fingerprint density at radius 1 is 1.02 bits per heavy atom. The molecule has 274 valence electrons. The third kappa shape index (κ3) is 9.12. The Morgan fingerprint density at radius 2 is 1.72 bits per heavy atom. The van der Waals surface area contributed by atoms with Gasteiger partial charge in [-0.25, -0.2) is 4.98 Å². The quantitative estimate of drug-likeness (QED) is 0.105. The summed E-state index contributed by atoms with van der Waals surface area (Å²) in [5, 5.41) is 6.89. The fourth-order valence-electron chi connectivity index (χ4n) is 5.72. The number of ketones is 1. The molecule has 5 aromatic rings. The maximum absolute atomic E-state index is 14.5. The van der Waals surface area contributed by atoms with E-state index in [4.69, 9.17) is 37.7 Å². The predicted octanol–water partition coefficient (Wildman–Crippen LogP) is 7.43. The number of anilines is 3. The van der Waals surface area contributed by atoms with Crippen LogP contribution in [0, 0.1) is 6.92 Å². The van der Waals surface area contributed by atoms with E-state index >= 15 is 0 Å². The Morgan fingerprint density at radius 3 is 2.36 bits per heavy atom. The Hall–Kier alpha value is -5.49. The monoisotopic (exact) mass is 754 g/mol. The number of fused-ring (bicyclic) bond motifs is 1. The van der Waals surface area contributed by atoms with Crippen molar-refractivity contribution in [3.05, 3.63) is 123 Å². The number of hydrogen-bond acceptors (Lipinski definition) is 9. The zero-order valence-electron chi connectivity index (χ0n) is 30.1. The zero-order chi connectivity index (χ0) is 38.2. The summed E-state index contributed by atoms with van der Waals surface area (Å²) in [4.78, 5) is 50.6. The molecule has 53 heavy (non-hydrogen) atoms. The number of aromatic nitrogens is 3. The van der Waals surface area contributed by atoms with E-state index in [0.29, 0.717) is 35.4 Å². The van der Waals surface area contributed by atoms with Gasteiger partial charge in [-0.05, 0) is 74.5 Å². The molecule has 0 fully saturated rings. The molecule has 0 aliphatic heterocycles. The summed E-state index contributed by atoms with van der Waals surface area (Å²) in [5.41, 5.74) is 4.34. The van der Waals surface area contributed by atoms with Crippen molar-refractivity contribution in [2.75, 3.05) is 45.5 Å². The number of ether oxygens (including phenoxy) is 2. The molecule has 11 nitrogen and oxygen atoms in total. The molecule has 1 amide bonds. The van der Waals surface area contributed by atoms with Crippen molar-refractivity contribution >= 4 is 63.2 Å². The number of hydrogen-bond donors (Lipinski definition) is 2. The molecule has 5 rings (SSSR count). The first kappa shape index (κ1) is 38.7. The number of para-hydroxylation sites is 1. The molecule has 3 aromatic carbocycles. The van der Waals surface area contributed by atoms with Gasteiger partial charge in [-0.3, -0.25) is 19.0 Å². The largest absolute Gasteiger partial charge is 0.495 e. The molecule has 0 radical (unpaired) electrons. The first-order valence-corrected chi connectivity index (χ1v) is 17.4. The third-order valence-corrected chi connectivity index (χ3v) is 9.19. The maximum atomic E-state index is 14.5. The van der Waals surface area contributed by atoms with Crippen LogP contribution < -0.4 is 25.7 Å². The molecule has 0 saturated heterocycles. The molecule has 2 N–H and O–H groups in total. The molecule has 0 aliphatic rings. The average Bonchev–Trinajstić information content (AvgIpc) is 3.13. The predicted molar refractivity (Wildman–Crippen MR) is 212 cm³/mol. The molecular weight excluding hydrogens is 715 g/mol. The second-order valence-corrected chi connectivity index (χ2v) is 13.2. The van der Waals surface area contributed by atoms with E-state index in [9.17, 15) is 14.4 Å². The van der Waals surface area contributed by atoms with E-state index < -0.39 is 5.56 Å². The minimum atomic E-state index is -0.400. The molecule has 0 spiro atoms. The van der Waals surface area contributed by atoms with Crippen LogP contribution in [0.25, 0.3) is 22.2 Å².